The maximum Gasteiger partial charge on any atom is 0.146 e. The van der Waals surface area contributed by atoms with Crippen molar-refractivity contribution in [2.75, 3.05) is 59.1 Å². The van der Waals surface area contributed by atoms with Gasteiger partial charge in [0.25, 0.3) is 0 Å². The number of pyridine rings is 3. The lowest BCUT2D eigenvalue weighted by atomic mass is 10.1. The second-order valence-corrected chi connectivity index (χ2v) is 16.3. The third kappa shape index (κ3) is 23.6. The third-order valence-corrected chi connectivity index (χ3v) is 10.6. The van der Waals surface area contributed by atoms with Crippen LogP contribution in [0.15, 0.2) is 51.4 Å². The van der Waals surface area contributed by atoms with Crippen molar-refractivity contribution in [1.82, 2.24) is 19.9 Å². The van der Waals surface area contributed by atoms with Crippen LogP contribution in [-0.4, -0.2) is 97.6 Å². The molecule has 0 radical (unpaired) electrons. The minimum absolute atomic E-state index is 0.617. The summed E-state index contributed by atoms with van der Waals surface area (Å²) in [5, 5.41) is 0. The molecule has 10 nitrogen and oxygen atoms in total. The summed E-state index contributed by atoms with van der Waals surface area (Å²) in [4.78, 5) is 31.1. The smallest absolute Gasteiger partial charge is 0.146 e. The highest BCUT2D eigenvalue weighted by Gasteiger charge is 2.09. The Hall–Kier alpha value is -4.18. The van der Waals surface area contributed by atoms with E-state index in [9.17, 15) is 0 Å². The summed E-state index contributed by atoms with van der Waals surface area (Å²) in [6.45, 7) is 19.0. The van der Waals surface area contributed by atoms with Crippen LogP contribution < -0.4 is 14.2 Å². The van der Waals surface area contributed by atoms with Crippen LogP contribution in [-0.2, 0) is 0 Å². The first-order valence-electron chi connectivity index (χ1n) is 24.0. The number of ether oxygens (including phenoxy) is 3. The molecule has 0 aliphatic carbocycles. The lowest BCUT2D eigenvalue weighted by Crippen LogP contribution is -2.31. The molecule has 10 heteroatoms. The molecule has 3 aromatic heterocycles. The van der Waals surface area contributed by atoms with Gasteiger partial charge in [-0.15, -0.1) is 0 Å². The Morgan fingerprint density at radius 2 is 0.689 bits per heavy atom. The minimum Gasteiger partial charge on any atom is -0.491 e. The number of hydrogen-bond donors (Lipinski definition) is 0. The van der Waals surface area contributed by atoms with Gasteiger partial charge in [0.05, 0.1) is 58.1 Å². The second kappa shape index (κ2) is 33.4. The first-order chi connectivity index (χ1) is 29.9. The van der Waals surface area contributed by atoms with Gasteiger partial charge < -0.3 is 14.2 Å². The van der Waals surface area contributed by atoms with Gasteiger partial charge in [0.2, 0.25) is 0 Å². The van der Waals surface area contributed by atoms with Gasteiger partial charge in [-0.05, 0) is 76.4 Å². The van der Waals surface area contributed by atoms with E-state index in [1.807, 2.05) is 75.8 Å². The molecule has 0 N–H and O–H groups in total. The summed E-state index contributed by atoms with van der Waals surface area (Å²) >= 11 is 0. The number of aromatic nitrogens is 3. The molecule has 0 fully saturated rings. The van der Waals surface area contributed by atoms with E-state index in [1.165, 1.54) is 96.3 Å². The van der Waals surface area contributed by atoms with E-state index in [0.717, 1.165) is 90.3 Å². The van der Waals surface area contributed by atoms with E-state index in [4.69, 9.17) is 44.1 Å². The van der Waals surface area contributed by atoms with Crippen molar-refractivity contribution in [3.63, 3.8) is 0 Å². The van der Waals surface area contributed by atoms with Crippen LogP contribution in [0.3, 0.4) is 0 Å². The van der Waals surface area contributed by atoms with E-state index in [1.54, 1.807) is 0 Å². The van der Waals surface area contributed by atoms with Crippen molar-refractivity contribution in [1.29, 1.82) is 0 Å². The summed E-state index contributed by atoms with van der Waals surface area (Å²) in [5.41, 5.74) is 5.20. The molecule has 0 aliphatic rings. The summed E-state index contributed by atoms with van der Waals surface area (Å²) in [5.74, 6) is 2.39. The Morgan fingerprint density at radius 3 is 0.984 bits per heavy atom. The van der Waals surface area contributed by atoms with E-state index in [2.05, 4.69) is 25.7 Å². The van der Waals surface area contributed by atoms with Gasteiger partial charge >= 0.3 is 0 Å². The Morgan fingerprint density at radius 1 is 0.410 bits per heavy atom. The van der Waals surface area contributed by atoms with Crippen molar-refractivity contribution in [3.05, 3.63) is 70.6 Å². The molecular formula is C51H81N7O3. The maximum atomic E-state index is 6.18. The quantitative estimate of drug-likeness (QED) is 0.0424. The largest absolute Gasteiger partial charge is 0.491 e. The van der Waals surface area contributed by atoms with Gasteiger partial charge in [0.1, 0.15) is 34.3 Å². The fourth-order valence-electron chi connectivity index (χ4n) is 6.92. The minimum atomic E-state index is 0.617. The van der Waals surface area contributed by atoms with Crippen LogP contribution in [0.1, 0.15) is 171 Å². The number of aliphatic imine (C=N–C) groups is 3. The van der Waals surface area contributed by atoms with Crippen molar-refractivity contribution in [2.24, 2.45) is 15.0 Å². The highest BCUT2D eigenvalue weighted by atomic mass is 16.5. The molecule has 0 unspecified atom stereocenters. The molecular weight excluding hydrogens is 759 g/mol. The Bertz CT molecular complexity index is 1480. The molecule has 0 saturated heterocycles. The Kier molecular flexibility index (Phi) is 28.1. The summed E-state index contributed by atoms with van der Waals surface area (Å²) in [7, 11) is 0. The third-order valence-electron chi connectivity index (χ3n) is 10.6. The van der Waals surface area contributed by atoms with Gasteiger partial charge in [-0.3, -0.25) is 19.9 Å². The molecule has 338 valence electrons. The molecule has 3 aromatic rings. The Balaban J connectivity index is 1.63. The van der Waals surface area contributed by atoms with Gasteiger partial charge in [0.15, 0.2) is 0 Å². The van der Waals surface area contributed by atoms with Crippen LogP contribution in [0.5, 0.6) is 17.2 Å². The van der Waals surface area contributed by atoms with Crippen LogP contribution in [0, 0.1) is 20.8 Å². The van der Waals surface area contributed by atoms with Crippen molar-refractivity contribution in [3.8, 4) is 17.2 Å². The molecule has 0 bridgehead atoms. The van der Waals surface area contributed by atoms with E-state index >= 15 is 0 Å². The van der Waals surface area contributed by atoms with Crippen molar-refractivity contribution >= 4 is 18.6 Å². The van der Waals surface area contributed by atoms with Crippen molar-refractivity contribution < 1.29 is 14.2 Å². The fourth-order valence-corrected chi connectivity index (χ4v) is 6.92. The molecule has 0 aliphatic heterocycles. The van der Waals surface area contributed by atoms with Gasteiger partial charge in [-0.2, -0.15) is 0 Å². The lowest BCUT2D eigenvalue weighted by molar-refractivity contribution is 0.297. The summed E-state index contributed by atoms with van der Waals surface area (Å²) in [6, 6.07) is 12.1. The van der Waals surface area contributed by atoms with E-state index in [-0.39, 0.29) is 0 Å². The Labute approximate surface area is 370 Å². The number of nitrogens with zero attached hydrogens (tertiary/aromatic N) is 7. The molecule has 3 rings (SSSR count). The lowest BCUT2D eigenvalue weighted by Gasteiger charge is -2.19. The SMILES string of the molecule is CCCCCCCCOc1ccc(C)nc1C=NCCN(CCN=Cc1nc(C)ccc1OCCCCCCCC)CCN=Cc1nc(C)ccc1OCCCCCCCC. The predicted molar refractivity (Wildman–Crippen MR) is 257 cm³/mol. The zero-order chi connectivity index (χ0) is 43.6. The van der Waals surface area contributed by atoms with Crippen molar-refractivity contribution in [2.45, 2.75) is 157 Å². The monoisotopic (exact) mass is 840 g/mol. The van der Waals surface area contributed by atoms with Crippen LogP contribution >= 0.6 is 0 Å². The predicted octanol–water partition coefficient (Wildman–Crippen LogP) is 12.0. The number of hydrogen-bond acceptors (Lipinski definition) is 10. The second-order valence-electron chi connectivity index (χ2n) is 16.3. The molecule has 0 amide bonds. The highest BCUT2D eigenvalue weighted by molar-refractivity contribution is 5.82. The van der Waals surface area contributed by atoms with Gasteiger partial charge in [-0.1, -0.05) is 117 Å². The van der Waals surface area contributed by atoms with Crippen LogP contribution in [0.4, 0.5) is 0 Å². The summed E-state index contributed by atoms with van der Waals surface area (Å²) in [6.07, 6.45) is 27.7. The first kappa shape index (κ1) is 51.2. The molecule has 0 spiro atoms. The number of aryl methyl sites for hydroxylation is 3. The van der Waals surface area contributed by atoms with Crippen LogP contribution in [0.2, 0.25) is 0 Å². The zero-order valence-electron chi connectivity index (χ0n) is 39.1. The standard InChI is InChI=1S/C51H81N7O3/c1-7-10-13-16-19-22-37-59-49-28-25-43(4)55-46(49)40-52-31-34-58(35-32-53-41-47-50(29-26-44(5)56-47)60-38-23-20-17-14-11-8-2)36-33-54-42-48-51(30-27-45(6)57-48)61-39-24-21-18-15-12-9-3/h25-30,40-42H,7-24,31-39H2,1-6H3. The highest BCUT2D eigenvalue weighted by Crippen LogP contribution is 2.19. The molecule has 61 heavy (non-hydrogen) atoms. The average molecular weight is 840 g/mol. The van der Waals surface area contributed by atoms with E-state index in [0.29, 0.717) is 39.5 Å². The number of rotatable bonds is 36. The van der Waals surface area contributed by atoms with E-state index < -0.39 is 0 Å². The normalized spacial score (nSPS) is 11.9. The molecule has 0 aromatic carbocycles. The molecule has 0 saturated carbocycles. The first-order valence-corrected chi connectivity index (χ1v) is 24.0. The number of unbranched alkanes of at least 4 members (excludes halogenated alkanes) is 15. The van der Waals surface area contributed by atoms with Crippen LogP contribution in [0.25, 0.3) is 0 Å². The maximum absolute atomic E-state index is 6.18. The summed E-state index contributed by atoms with van der Waals surface area (Å²) < 4.78 is 18.5. The molecule has 0 atom stereocenters. The molecule has 3 heterocycles. The topological polar surface area (TPSA) is 107 Å². The fraction of sp³-hybridized carbons (Fsp3) is 0.647. The zero-order valence-corrected chi connectivity index (χ0v) is 39.1. The van der Waals surface area contributed by atoms with Gasteiger partial charge in [-0.25, -0.2) is 15.0 Å². The average Bonchev–Trinajstić information content (AvgIpc) is 3.25. The van der Waals surface area contributed by atoms with Gasteiger partial charge in [0, 0.05) is 36.7 Å².